The third kappa shape index (κ3) is 1.88. The second-order valence-corrected chi connectivity index (χ2v) is 3.11. The lowest BCUT2D eigenvalue weighted by atomic mass is 10.2. The Hall–Kier alpha value is -0.660. The van der Waals surface area contributed by atoms with Gasteiger partial charge in [0.25, 0.3) is 0 Å². The molecular weight excluding hydrogens is 136 g/mol. The maximum atomic E-state index is 3.84. The first-order valence-electron chi connectivity index (χ1n) is 4.17. The zero-order valence-electron chi connectivity index (χ0n) is 7.45. The summed E-state index contributed by atoms with van der Waals surface area (Å²) in [5.41, 5.74) is 0. The summed E-state index contributed by atoms with van der Waals surface area (Å²) in [6.45, 7) is 3.84. The van der Waals surface area contributed by atoms with Crippen molar-refractivity contribution >= 4 is 0 Å². The fourth-order valence-corrected chi connectivity index (χ4v) is 1.43. The molecule has 0 aromatic rings. The molecule has 0 unspecified atom stereocenters. The number of rotatable bonds is 3. The molecule has 63 valence electrons. The lowest BCUT2D eigenvalue weighted by molar-refractivity contribution is 0.190. The van der Waals surface area contributed by atoms with E-state index in [0.717, 1.165) is 6.42 Å². The third-order valence-electron chi connectivity index (χ3n) is 2.19. The van der Waals surface area contributed by atoms with Crippen molar-refractivity contribution < 1.29 is 0 Å². The van der Waals surface area contributed by atoms with E-state index in [1.165, 1.54) is 12.8 Å². The fourth-order valence-electron chi connectivity index (χ4n) is 1.43. The van der Waals surface area contributed by atoms with Crippen LogP contribution in [0.15, 0.2) is 12.4 Å². The van der Waals surface area contributed by atoms with E-state index in [9.17, 15) is 0 Å². The molecule has 0 aromatic heterocycles. The van der Waals surface area contributed by atoms with E-state index >= 15 is 0 Å². The topological polar surface area (TPSA) is 6.48 Å². The average Bonchev–Trinajstić information content (AvgIpc) is 2.29. The Balaban J connectivity index is 2.33. The molecule has 0 spiro atoms. The summed E-state index contributed by atoms with van der Waals surface area (Å²) in [5, 5.41) is 0. The van der Waals surface area contributed by atoms with Gasteiger partial charge in [0.2, 0.25) is 0 Å². The van der Waals surface area contributed by atoms with Crippen LogP contribution in [0.1, 0.15) is 19.3 Å². The maximum Gasteiger partial charge on any atom is 0.100 e. The normalized spacial score (nSPS) is 18.5. The molecule has 0 saturated carbocycles. The van der Waals surface area contributed by atoms with Crippen LogP contribution in [-0.2, 0) is 0 Å². The van der Waals surface area contributed by atoms with Gasteiger partial charge < -0.3 is 9.80 Å². The summed E-state index contributed by atoms with van der Waals surface area (Å²) >= 11 is 0. The van der Waals surface area contributed by atoms with Gasteiger partial charge in [-0.2, -0.15) is 0 Å². The zero-order valence-corrected chi connectivity index (χ0v) is 7.45. The number of hydrogen-bond donors (Lipinski definition) is 0. The van der Waals surface area contributed by atoms with E-state index < -0.39 is 0 Å². The van der Waals surface area contributed by atoms with E-state index in [1.807, 2.05) is 0 Å². The maximum absolute atomic E-state index is 3.84. The predicted octanol–water partition coefficient (Wildman–Crippen LogP) is 1.67. The highest BCUT2D eigenvalue weighted by Crippen LogP contribution is 2.16. The van der Waals surface area contributed by atoms with Crippen molar-refractivity contribution in [3.63, 3.8) is 0 Å². The minimum absolute atomic E-state index is 0.566. The highest BCUT2D eigenvalue weighted by molar-refractivity contribution is 4.93. The Morgan fingerprint density at radius 3 is 2.27 bits per heavy atom. The van der Waals surface area contributed by atoms with E-state index in [0.29, 0.717) is 6.17 Å². The van der Waals surface area contributed by atoms with Crippen molar-refractivity contribution in [3.8, 4) is 0 Å². The van der Waals surface area contributed by atoms with Crippen molar-refractivity contribution in [2.24, 2.45) is 0 Å². The number of hydrogen-bond acceptors (Lipinski definition) is 2. The van der Waals surface area contributed by atoms with Crippen LogP contribution in [0.3, 0.4) is 0 Å². The molecule has 0 bridgehead atoms. The predicted molar refractivity (Wildman–Crippen MR) is 47.7 cm³/mol. The molecular formula is C9H17N2. The van der Waals surface area contributed by atoms with Gasteiger partial charge in [0.05, 0.1) is 0 Å². The van der Waals surface area contributed by atoms with Crippen LogP contribution in [0.25, 0.3) is 0 Å². The Kier molecular flexibility index (Phi) is 2.80. The zero-order chi connectivity index (χ0) is 8.27. The molecule has 0 aliphatic carbocycles. The molecule has 0 amide bonds. The minimum atomic E-state index is 0.566. The highest BCUT2D eigenvalue weighted by Gasteiger charge is 2.18. The molecule has 1 aliphatic heterocycles. The summed E-state index contributed by atoms with van der Waals surface area (Å²) in [6.07, 6.45) is 8.27. The lowest BCUT2D eigenvalue weighted by Gasteiger charge is -2.27. The van der Waals surface area contributed by atoms with Crippen LogP contribution in [0, 0.1) is 6.92 Å². The van der Waals surface area contributed by atoms with Crippen molar-refractivity contribution in [1.29, 1.82) is 0 Å². The monoisotopic (exact) mass is 153 g/mol. The van der Waals surface area contributed by atoms with Gasteiger partial charge in [0, 0.05) is 26.5 Å². The van der Waals surface area contributed by atoms with E-state index in [2.05, 4.69) is 43.2 Å². The van der Waals surface area contributed by atoms with Gasteiger partial charge >= 0.3 is 0 Å². The van der Waals surface area contributed by atoms with Crippen molar-refractivity contribution in [3.05, 3.63) is 19.3 Å². The molecule has 0 saturated heterocycles. The summed E-state index contributed by atoms with van der Waals surface area (Å²) in [4.78, 5) is 4.49. The van der Waals surface area contributed by atoms with Crippen LogP contribution >= 0.6 is 0 Å². The number of unbranched alkanes of at least 4 members (excludes halogenated alkanes) is 1. The quantitative estimate of drug-likeness (QED) is 0.608. The van der Waals surface area contributed by atoms with E-state index in [-0.39, 0.29) is 0 Å². The lowest BCUT2D eigenvalue weighted by Crippen LogP contribution is -2.33. The first-order chi connectivity index (χ1) is 5.25. The number of nitrogens with zero attached hydrogens (tertiary/aromatic N) is 2. The van der Waals surface area contributed by atoms with Gasteiger partial charge in [-0.3, -0.25) is 0 Å². The molecule has 0 atom stereocenters. The minimum Gasteiger partial charge on any atom is -0.359 e. The van der Waals surface area contributed by atoms with Gasteiger partial charge in [-0.05, 0) is 12.8 Å². The first kappa shape index (κ1) is 8.44. The largest absolute Gasteiger partial charge is 0.359 e. The van der Waals surface area contributed by atoms with Crippen molar-refractivity contribution in [2.45, 2.75) is 25.4 Å². The second-order valence-electron chi connectivity index (χ2n) is 3.11. The smallest absolute Gasteiger partial charge is 0.100 e. The standard InChI is InChI=1S/C9H17N2/c1-4-5-6-9-10(2)7-8-11(9)3/h7-9H,1,4-6H2,2-3H3. The second kappa shape index (κ2) is 3.65. The summed E-state index contributed by atoms with van der Waals surface area (Å²) < 4.78 is 0. The van der Waals surface area contributed by atoms with Crippen LogP contribution < -0.4 is 0 Å². The Labute approximate surface area is 69.5 Å². The van der Waals surface area contributed by atoms with Crippen molar-refractivity contribution in [1.82, 2.24) is 9.80 Å². The van der Waals surface area contributed by atoms with Gasteiger partial charge in [-0.25, -0.2) is 0 Å². The molecule has 1 heterocycles. The summed E-state index contributed by atoms with van der Waals surface area (Å²) in [5.74, 6) is 0. The molecule has 1 rings (SSSR count). The van der Waals surface area contributed by atoms with Gasteiger partial charge in [-0.1, -0.05) is 13.3 Å². The molecule has 0 fully saturated rings. The summed E-state index contributed by atoms with van der Waals surface area (Å²) in [6, 6.07) is 0. The molecule has 1 radical (unpaired) electrons. The molecule has 11 heavy (non-hydrogen) atoms. The van der Waals surface area contributed by atoms with Crippen LogP contribution in [0.2, 0.25) is 0 Å². The molecule has 1 aliphatic rings. The van der Waals surface area contributed by atoms with Gasteiger partial charge in [0.1, 0.15) is 6.17 Å². The molecule has 2 heteroatoms. The third-order valence-corrected chi connectivity index (χ3v) is 2.19. The first-order valence-corrected chi connectivity index (χ1v) is 4.17. The van der Waals surface area contributed by atoms with Gasteiger partial charge in [0.15, 0.2) is 0 Å². The van der Waals surface area contributed by atoms with Crippen LogP contribution in [0.4, 0.5) is 0 Å². The average molecular weight is 153 g/mol. The Morgan fingerprint density at radius 2 is 1.82 bits per heavy atom. The molecule has 0 aromatic carbocycles. The van der Waals surface area contributed by atoms with Crippen molar-refractivity contribution in [2.75, 3.05) is 14.1 Å². The fraction of sp³-hybridized carbons (Fsp3) is 0.667. The Bertz CT molecular complexity index is 130. The van der Waals surface area contributed by atoms with Crippen LogP contribution in [0.5, 0.6) is 0 Å². The molecule has 0 N–H and O–H groups in total. The molecule has 2 nitrogen and oxygen atoms in total. The van der Waals surface area contributed by atoms with E-state index in [4.69, 9.17) is 0 Å². The Morgan fingerprint density at radius 1 is 1.27 bits per heavy atom. The van der Waals surface area contributed by atoms with Crippen LogP contribution in [-0.4, -0.2) is 30.1 Å². The highest BCUT2D eigenvalue weighted by atomic mass is 15.4. The SMILES string of the molecule is [CH2]CCCC1N(C)C=CN1C. The van der Waals surface area contributed by atoms with E-state index in [1.54, 1.807) is 0 Å². The van der Waals surface area contributed by atoms with Gasteiger partial charge in [-0.15, -0.1) is 0 Å². The summed E-state index contributed by atoms with van der Waals surface area (Å²) in [7, 11) is 4.24.